The van der Waals surface area contributed by atoms with Gasteiger partial charge in [0.05, 0.1) is 0 Å². The van der Waals surface area contributed by atoms with Gasteiger partial charge in [-0.1, -0.05) is 42.1 Å². The molecule has 84 valence electrons. The van der Waals surface area contributed by atoms with E-state index in [1.807, 2.05) is 16.9 Å². The van der Waals surface area contributed by atoms with E-state index in [2.05, 4.69) is 49.3 Å². The summed E-state index contributed by atoms with van der Waals surface area (Å²) in [6.07, 6.45) is 2.04. The first kappa shape index (κ1) is 11.3. The molecule has 0 aliphatic carbocycles. The van der Waals surface area contributed by atoms with Gasteiger partial charge < -0.3 is 0 Å². The summed E-state index contributed by atoms with van der Waals surface area (Å²) >= 11 is 1.78. The summed E-state index contributed by atoms with van der Waals surface area (Å²) in [5, 5.41) is 5.60. The number of nitrogens with zero attached hydrogens (tertiary/aromatic N) is 2. The van der Waals surface area contributed by atoms with Crippen LogP contribution in [0.5, 0.6) is 0 Å². The molecule has 1 heterocycles. The minimum Gasteiger partial charge on any atom is -0.269 e. The summed E-state index contributed by atoms with van der Waals surface area (Å²) < 4.78 is 1.99. The summed E-state index contributed by atoms with van der Waals surface area (Å²) in [5.74, 6) is 0.982. The topological polar surface area (TPSA) is 17.8 Å². The third-order valence-electron chi connectivity index (χ3n) is 2.34. The first-order valence-corrected chi connectivity index (χ1v) is 6.46. The number of aromatic nitrogens is 2. The van der Waals surface area contributed by atoms with Gasteiger partial charge in [-0.15, -0.1) is 0 Å². The maximum atomic E-state index is 4.50. The number of thioether (sulfide) groups is 1. The van der Waals surface area contributed by atoms with Crippen LogP contribution in [0.4, 0.5) is 0 Å². The highest BCUT2D eigenvalue weighted by molar-refractivity contribution is 7.98. The molecule has 16 heavy (non-hydrogen) atoms. The lowest BCUT2D eigenvalue weighted by atomic mass is 10.2. The molecule has 3 heteroatoms. The number of rotatable bonds is 4. The Hall–Kier alpha value is -1.22. The van der Waals surface area contributed by atoms with E-state index in [0.29, 0.717) is 6.04 Å². The van der Waals surface area contributed by atoms with Gasteiger partial charge in [-0.25, -0.2) is 0 Å². The van der Waals surface area contributed by atoms with Crippen molar-refractivity contribution in [2.75, 3.05) is 0 Å². The molecule has 0 unspecified atom stereocenters. The van der Waals surface area contributed by atoms with Crippen LogP contribution >= 0.6 is 11.8 Å². The van der Waals surface area contributed by atoms with Crippen molar-refractivity contribution >= 4 is 11.8 Å². The zero-order valence-corrected chi connectivity index (χ0v) is 10.4. The Bertz CT molecular complexity index is 434. The van der Waals surface area contributed by atoms with E-state index in [4.69, 9.17) is 0 Å². The van der Waals surface area contributed by atoms with Gasteiger partial charge >= 0.3 is 0 Å². The highest BCUT2D eigenvalue weighted by Crippen LogP contribution is 2.21. The van der Waals surface area contributed by atoms with Crippen LogP contribution in [0.1, 0.15) is 25.5 Å². The average molecular weight is 232 g/mol. The molecule has 0 radical (unpaired) electrons. The lowest BCUT2D eigenvalue weighted by molar-refractivity contribution is 0.522. The molecular weight excluding hydrogens is 216 g/mol. The largest absolute Gasteiger partial charge is 0.269 e. The average Bonchev–Trinajstić information content (AvgIpc) is 2.76. The second kappa shape index (κ2) is 5.21. The van der Waals surface area contributed by atoms with Crippen molar-refractivity contribution < 1.29 is 0 Å². The molecule has 0 saturated carbocycles. The maximum Gasteiger partial charge on any atom is 0.118 e. The summed E-state index contributed by atoms with van der Waals surface area (Å²) in [6, 6.07) is 13.0. The van der Waals surface area contributed by atoms with Crippen molar-refractivity contribution in [2.45, 2.75) is 30.7 Å². The van der Waals surface area contributed by atoms with E-state index in [1.165, 1.54) is 5.56 Å². The maximum absolute atomic E-state index is 4.50. The van der Waals surface area contributed by atoms with Crippen LogP contribution < -0.4 is 0 Å². The molecule has 1 aromatic carbocycles. The molecule has 0 aliphatic heterocycles. The Morgan fingerprint density at radius 1 is 1.19 bits per heavy atom. The third-order valence-corrected chi connectivity index (χ3v) is 3.33. The molecular formula is C13H16N2S. The van der Waals surface area contributed by atoms with Gasteiger partial charge in [-0.3, -0.25) is 4.68 Å². The minimum absolute atomic E-state index is 0.436. The second-order valence-corrected chi connectivity index (χ2v) is 5.00. The van der Waals surface area contributed by atoms with E-state index in [9.17, 15) is 0 Å². The molecule has 2 rings (SSSR count). The van der Waals surface area contributed by atoms with E-state index < -0.39 is 0 Å². The van der Waals surface area contributed by atoms with Gasteiger partial charge in [0.25, 0.3) is 0 Å². The lowest BCUT2D eigenvalue weighted by Gasteiger charge is -2.03. The van der Waals surface area contributed by atoms with Crippen LogP contribution in [-0.2, 0) is 5.75 Å². The molecule has 0 fully saturated rings. The van der Waals surface area contributed by atoms with Crippen molar-refractivity contribution in [3.05, 3.63) is 48.2 Å². The first-order valence-electron chi connectivity index (χ1n) is 5.47. The first-order chi connectivity index (χ1) is 7.75. The number of hydrogen-bond acceptors (Lipinski definition) is 2. The molecule has 1 aromatic heterocycles. The Balaban J connectivity index is 1.95. The van der Waals surface area contributed by atoms with Gasteiger partial charge in [-0.05, 0) is 25.5 Å². The van der Waals surface area contributed by atoms with E-state index >= 15 is 0 Å². The molecule has 0 bridgehead atoms. The molecule has 2 aromatic rings. The van der Waals surface area contributed by atoms with E-state index in [0.717, 1.165) is 10.8 Å². The highest BCUT2D eigenvalue weighted by atomic mass is 32.2. The molecule has 0 amide bonds. The normalized spacial score (nSPS) is 10.9. The second-order valence-electron chi connectivity index (χ2n) is 4.00. The number of benzene rings is 1. The summed E-state index contributed by atoms with van der Waals surface area (Å²) in [6.45, 7) is 4.28. The zero-order chi connectivity index (χ0) is 11.4. The van der Waals surface area contributed by atoms with Crippen LogP contribution in [0.2, 0.25) is 0 Å². The predicted octanol–water partition coefficient (Wildman–Crippen LogP) is 3.76. The Morgan fingerprint density at radius 2 is 1.94 bits per heavy atom. The van der Waals surface area contributed by atoms with Crippen molar-refractivity contribution in [1.82, 2.24) is 9.78 Å². The van der Waals surface area contributed by atoms with Crippen molar-refractivity contribution in [2.24, 2.45) is 0 Å². The van der Waals surface area contributed by atoms with Gasteiger partial charge in [-0.2, -0.15) is 5.10 Å². The summed E-state index contributed by atoms with van der Waals surface area (Å²) in [7, 11) is 0. The van der Waals surface area contributed by atoms with Gasteiger partial charge in [0.15, 0.2) is 0 Å². The smallest absolute Gasteiger partial charge is 0.118 e. The number of hydrogen-bond donors (Lipinski definition) is 0. The fourth-order valence-corrected chi connectivity index (χ4v) is 2.23. The zero-order valence-electron chi connectivity index (χ0n) is 9.63. The fourth-order valence-electron chi connectivity index (χ4n) is 1.42. The quantitative estimate of drug-likeness (QED) is 0.747. The molecule has 0 spiro atoms. The van der Waals surface area contributed by atoms with Crippen LogP contribution in [0, 0.1) is 0 Å². The summed E-state index contributed by atoms with van der Waals surface area (Å²) in [4.78, 5) is 0. The molecule has 0 N–H and O–H groups in total. The highest BCUT2D eigenvalue weighted by Gasteiger charge is 2.02. The van der Waals surface area contributed by atoms with Crippen LogP contribution in [0.25, 0.3) is 0 Å². The lowest BCUT2D eigenvalue weighted by Crippen LogP contribution is -2.00. The van der Waals surface area contributed by atoms with Gasteiger partial charge in [0.2, 0.25) is 0 Å². The molecule has 0 aliphatic rings. The molecule has 2 nitrogen and oxygen atoms in total. The third kappa shape index (κ3) is 2.89. The standard InChI is InChI=1S/C13H16N2S/c1-11(2)15-9-8-13(14-15)16-10-12-6-4-3-5-7-12/h3-9,11H,10H2,1-2H3. The van der Waals surface area contributed by atoms with Crippen LogP contribution in [0.15, 0.2) is 47.6 Å². The monoisotopic (exact) mass is 232 g/mol. The minimum atomic E-state index is 0.436. The Kier molecular flexibility index (Phi) is 3.67. The SMILES string of the molecule is CC(C)n1ccc(SCc2ccccc2)n1. The van der Waals surface area contributed by atoms with Crippen molar-refractivity contribution in [3.63, 3.8) is 0 Å². The van der Waals surface area contributed by atoms with E-state index in [-0.39, 0.29) is 0 Å². The van der Waals surface area contributed by atoms with Gasteiger partial charge in [0, 0.05) is 18.0 Å². The Labute approximate surface area is 101 Å². The predicted molar refractivity (Wildman–Crippen MR) is 68.6 cm³/mol. The van der Waals surface area contributed by atoms with Crippen molar-refractivity contribution in [1.29, 1.82) is 0 Å². The van der Waals surface area contributed by atoms with Crippen LogP contribution in [-0.4, -0.2) is 9.78 Å². The van der Waals surface area contributed by atoms with Crippen molar-refractivity contribution in [3.8, 4) is 0 Å². The Morgan fingerprint density at radius 3 is 2.56 bits per heavy atom. The van der Waals surface area contributed by atoms with Crippen LogP contribution in [0.3, 0.4) is 0 Å². The fraction of sp³-hybridized carbons (Fsp3) is 0.308. The van der Waals surface area contributed by atoms with E-state index in [1.54, 1.807) is 11.8 Å². The molecule has 0 saturated heterocycles. The summed E-state index contributed by atoms with van der Waals surface area (Å²) in [5.41, 5.74) is 1.34. The van der Waals surface area contributed by atoms with Gasteiger partial charge in [0.1, 0.15) is 5.03 Å². The molecule has 0 atom stereocenters.